The van der Waals surface area contributed by atoms with Gasteiger partial charge in [-0.2, -0.15) is 0 Å². The second-order valence-corrected chi connectivity index (χ2v) is 5.31. The van der Waals surface area contributed by atoms with Crippen molar-refractivity contribution in [3.8, 4) is 5.75 Å². The van der Waals surface area contributed by atoms with Crippen molar-refractivity contribution in [1.82, 2.24) is 0 Å². The summed E-state index contributed by atoms with van der Waals surface area (Å²) in [5.74, 6) is 0.717. The molecule has 3 N–H and O–H groups in total. The molecule has 0 bridgehead atoms. The molecule has 1 rings (SSSR count). The fourth-order valence-corrected chi connectivity index (χ4v) is 2.06. The molecule has 0 radical (unpaired) electrons. The van der Waals surface area contributed by atoms with Crippen LogP contribution < -0.4 is 15.8 Å². The number of benzene rings is 1. The zero-order valence-electron chi connectivity index (χ0n) is 11.6. The van der Waals surface area contributed by atoms with Crippen LogP contribution in [0.2, 0.25) is 5.02 Å². The van der Waals surface area contributed by atoms with Gasteiger partial charge in [-0.15, -0.1) is 0 Å². The fraction of sp³-hybridized carbons (Fsp3) is 0.500. The molecule has 0 aliphatic carbocycles. The molecule has 1 unspecified atom stereocenters. The van der Waals surface area contributed by atoms with Crippen molar-refractivity contribution in [3.05, 3.63) is 23.2 Å². The summed E-state index contributed by atoms with van der Waals surface area (Å²) in [6, 6.07) is 5.13. The van der Waals surface area contributed by atoms with Crippen molar-refractivity contribution >= 4 is 23.2 Å². The summed E-state index contributed by atoms with van der Waals surface area (Å²) in [6.45, 7) is 4.48. The van der Waals surface area contributed by atoms with Crippen LogP contribution in [0.5, 0.6) is 5.75 Å². The minimum absolute atomic E-state index is 0.0689. The average Bonchev–Trinajstić information content (AvgIpc) is 2.37. The highest BCUT2D eigenvalue weighted by Crippen LogP contribution is 2.27. The highest BCUT2D eigenvalue weighted by atomic mass is 35.5. The Morgan fingerprint density at radius 3 is 2.68 bits per heavy atom. The lowest BCUT2D eigenvalue weighted by atomic mass is 9.96. The van der Waals surface area contributed by atoms with Crippen molar-refractivity contribution in [2.45, 2.75) is 20.3 Å². The van der Waals surface area contributed by atoms with Crippen molar-refractivity contribution in [2.24, 2.45) is 17.6 Å². The number of hydrogen-bond acceptors (Lipinski definition) is 3. The van der Waals surface area contributed by atoms with Gasteiger partial charge in [0.05, 0.1) is 18.1 Å². The molecule has 0 aliphatic heterocycles. The number of rotatable bonds is 6. The van der Waals surface area contributed by atoms with Gasteiger partial charge in [0.2, 0.25) is 5.91 Å². The van der Waals surface area contributed by atoms with Gasteiger partial charge in [0.1, 0.15) is 5.75 Å². The van der Waals surface area contributed by atoms with Crippen LogP contribution in [0.25, 0.3) is 0 Å². The maximum Gasteiger partial charge on any atom is 0.228 e. The molecule has 0 aliphatic rings. The fourth-order valence-electron chi connectivity index (χ4n) is 1.86. The van der Waals surface area contributed by atoms with Crippen LogP contribution in [0.4, 0.5) is 5.69 Å². The third-order valence-corrected chi connectivity index (χ3v) is 3.14. The number of anilines is 1. The van der Waals surface area contributed by atoms with E-state index < -0.39 is 0 Å². The summed E-state index contributed by atoms with van der Waals surface area (Å²) < 4.78 is 5.11. The van der Waals surface area contributed by atoms with E-state index in [1.54, 1.807) is 18.2 Å². The van der Waals surface area contributed by atoms with Crippen LogP contribution in [0.1, 0.15) is 20.3 Å². The van der Waals surface area contributed by atoms with E-state index in [1.165, 1.54) is 7.11 Å². The number of hydrogen-bond donors (Lipinski definition) is 2. The first kappa shape index (κ1) is 15.8. The first-order valence-electron chi connectivity index (χ1n) is 6.32. The molecule has 1 aromatic rings. The first-order chi connectivity index (χ1) is 8.97. The maximum absolute atomic E-state index is 12.1. The number of halogens is 1. The number of nitrogens with one attached hydrogen (secondary N) is 1. The molecule has 106 valence electrons. The monoisotopic (exact) mass is 284 g/mol. The van der Waals surface area contributed by atoms with Gasteiger partial charge in [-0.1, -0.05) is 25.4 Å². The smallest absolute Gasteiger partial charge is 0.228 e. The molecule has 19 heavy (non-hydrogen) atoms. The van der Waals surface area contributed by atoms with E-state index >= 15 is 0 Å². The standard InChI is InChI=1S/C14H21ClN2O2/c1-9(2)6-10(8-16)14(18)17-11-4-5-12(15)13(7-11)19-3/h4-5,7,9-10H,6,8,16H2,1-3H3,(H,17,18). The lowest BCUT2D eigenvalue weighted by Gasteiger charge is -2.17. The Labute approximate surface area is 119 Å². The lowest BCUT2D eigenvalue weighted by Crippen LogP contribution is -2.30. The molecule has 0 heterocycles. The Hall–Kier alpha value is -1.26. The van der Waals surface area contributed by atoms with Crippen LogP contribution in [-0.4, -0.2) is 19.6 Å². The second-order valence-electron chi connectivity index (χ2n) is 4.90. The molecule has 5 heteroatoms. The normalized spacial score (nSPS) is 12.3. The van der Waals surface area contributed by atoms with E-state index in [-0.39, 0.29) is 11.8 Å². The number of amides is 1. The Morgan fingerprint density at radius 1 is 1.47 bits per heavy atom. The van der Waals surface area contributed by atoms with E-state index in [0.29, 0.717) is 28.9 Å². The Morgan fingerprint density at radius 2 is 2.16 bits per heavy atom. The van der Waals surface area contributed by atoms with E-state index in [9.17, 15) is 4.79 Å². The third kappa shape index (κ3) is 4.73. The molecule has 1 atom stereocenters. The van der Waals surface area contributed by atoms with Crippen molar-refractivity contribution < 1.29 is 9.53 Å². The molecule has 0 fully saturated rings. The summed E-state index contributed by atoms with van der Waals surface area (Å²) in [4.78, 5) is 12.1. The zero-order chi connectivity index (χ0) is 14.4. The molecule has 4 nitrogen and oxygen atoms in total. The van der Waals surface area contributed by atoms with Crippen molar-refractivity contribution in [1.29, 1.82) is 0 Å². The largest absolute Gasteiger partial charge is 0.495 e. The molecular formula is C14H21ClN2O2. The highest BCUT2D eigenvalue weighted by molar-refractivity contribution is 6.32. The number of methoxy groups -OCH3 is 1. The molecule has 1 aromatic carbocycles. The summed E-state index contributed by atoms with van der Waals surface area (Å²) in [5, 5.41) is 3.35. The van der Waals surface area contributed by atoms with E-state index in [0.717, 1.165) is 6.42 Å². The van der Waals surface area contributed by atoms with Crippen molar-refractivity contribution in [3.63, 3.8) is 0 Å². The number of ether oxygens (including phenoxy) is 1. The molecule has 0 spiro atoms. The molecule has 1 amide bonds. The van der Waals surface area contributed by atoms with Gasteiger partial charge in [0.25, 0.3) is 0 Å². The average molecular weight is 285 g/mol. The topological polar surface area (TPSA) is 64.3 Å². The number of nitrogens with two attached hydrogens (primary N) is 1. The van der Waals surface area contributed by atoms with Gasteiger partial charge in [-0.05, 0) is 24.5 Å². The second kappa shape index (κ2) is 7.36. The zero-order valence-corrected chi connectivity index (χ0v) is 12.3. The molecular weight excluding hydrogens is 264 g/mol. The number of carbonyl (C=O) groups is 1. The molecule has 0 saturated heterocycles. The van der Waals surface area contributed by atoms with Gasteiger partial charge >= 0.3 is 0 Å². The summed E-state index contributed by atoms with van der Waals surface area (Å²) >= 11 is 5.93. The van der Waals surface area contributed by atoms with Crippen molar-refractivity contribution in [2.75, 3.05) is 19.0 Å². The summed E-state index contributed by atoms with van der Waals surface area (Å²) in [6.07, 6.45) is 0.771. The summed E-state index contributed by atoms with van der Waals surface area (Å²) in [7, 11) is 1.54. The third-order valence-electron chi connectivity index (χ3n) is 2.83. The number of carbonyl (C=O) groups excluding carboxylic acids is 1. The predicted molar refractivity (Wildman–Crippen MR) is 78.6 cm³/mol. The SMILES string of the molecule is COc1cc(NC(=O)C(CN)CC(C)C)ccc1Cl. The Balaban J connectivity index is 2.75. The van der Waals surface area contributed by atoms with Gasteiger partial charge in [-0.25, -0.2) is 0 Å². The Bertz CT molecular complexity index is 435. The van der Waals surface area contributed by atoms with Crippen LogP contribution in [0, 0.1) is 11.8 Å². The van der Waals surface area contributed by atoms with Gasteiger partial charge in [-0.3, -0.25) is 4.79 Å². The summed E-state index contributed by atoms with van der Waals surface area (Å²) in [5.41, 5.74) is 6.31. The van der Waals surface area contributed by atoms with Crippen LogP contribution in [-0.2, 0) is 4.79 Å². The molecule has 0 saturated carbocycles. The minimum atomic E-state index is -0.179. The predicted octanol–water partition coefficient (Wildman–Crippen LogP) is 2.91. The highest BCUT2D eigenvalue weighted by Gasteiger charge is 2.18. The quantitative estimate of drug-likeness (QED) is 0.844. The van der Waals surface area contributed by atoms with Gasteiger partial charge in [0.15, 0.2) is 0 Å². The van der Waals surface area contributed by atoms with Gasteiger partial charge in [0, 0.05) is 18.3 Å². The van der Waals surface area contributed by atoms with E-state index in [2.05, 4.69) is 19.2 Å². The Kier molecular flexibility index (Phi) is 6.12. The first-order valence-corrected chi connectivity index (χ1v) is 6.70. The van der Waals surface area contributed by atoms with E-state index in [4.69, 9.17) is 22.1 Å². The van der Waals surface area contributed by atoms with Crippen LogP contribution >= 0.6 is 11.6 Å². The molecule has 0 aromatic heterocycles. The van der Waals surface area contributed by atoms with Gasteiger partial charge < -0.3 is 15.8 Å². The van der Waals surface area contributed by atoms with E-state index in [1.807, 2.05) is 0 Å². The van der Waals surface area contributed by atoms with Crippen LogP contribution in [0.15, 0.2) is 18.2 Å². The lowest BCUT2D eigenvalue weighted by molar-refractivity contribution is -0.120. The minimum Gasteiger partial charge on any atom is -0.495 e. The van der Waals surface area contributed by atoms with Crippen LogP contribution in [0.3, 0.4) is 0 Å². The maximum atomic E-state index is 12.1.